The number of thioether (sulfide) groups is 1. The Kier molecular flexibility index (Phi) is 7.10. The molecule has 0 atom stereocenters. The van der Waals surface area contributed by atoms with Crippen molar-refractivity contribution >= 4 is 67.4 Å². The van der Waals surface area contributed by atoms with Gasteiger partial charge in [0.2, 0.25) is 5.91 Å². The fourth-order valence-corrected chi connectivity index (χ4v) is 5.38. The zero-order valence-corrected chi connectivity index (χ0v) is 18.7. The third-order valence-electron chi connectivity index (χ3n) is 4.16. The molecule has 0 unspecified atom stereocenters. The van der Waals surface area contributed by atoms with Crippen LogP contribution in [-0.2, 0) is 14.8 Å². The molecular weight excluding hydrogens is 453 g/mol. The van der Waals surface area contributed by atoms with E-state index in [1.54, 1.807) is 42.5 Å². The highest BCUT2D eigenvalue weighted by Crippen LogP contribution is 2.34. The molecule has 0 spiro atoms. The number of amides is 1. The van der Waals surface area contributed by atoms with Crippen LogP contribution in [-0.4, -0.2) is 31.8 Å². The lowest BCUT2D eigenvalue weighted by Gasteiger charge is -2.30. The molecule has 0 radical (unpaired) electrons. The number of anilines is 2. The van der Waals surface area contributed by atoms with Gasteiger partial charge in [-0.05, 0) is 30.7 Å². The lowest BCUT2D eigenvalue weighted by molar-refractivity contribution is -0.113. The van der Waals surface area contributed by atoms with E-state index in [1.165, 1.54) is 0 Å². The Morgan fingerprint density at radius 3 is 2.69 bits per heavy atom. The molecule has 10 heteroatoms. The maximum absolute atomic E-state index is 12.6. The van der Waals surface area contributed by atoms with Gasteiger partial charge in [0.15, 0.2) is 5.17 Å². The summed E-state index contributed by atoms with van der Waals surface area (Å²) in [5, 5.41) is 3.56. The normalized spacial score (nSPS) is 14.9. The van der Waals surface area contributed by atoms with Crippen molar-refractivity contribution in [3.05, 3.63) is 52.5 Å². The number of nitrogens with one attached hydrogen (secondary N) is 1. The first-order valence-electron chi connectivity index (χ1n) is 8.91. The van der Waals surface area contributed by atoms with Gasteiger partial charge in [-0.2, -0.15) is 8.42 Å². The lowest BCUT2D eigenvalue weighted by Crippen LogP contribution is -2.35. The first-order valence-corrected chi connectivity index (χ1v) is 12.1. The van der Waals surface area contributed by atoms with Gasteiger partial charge in [-0.1, -0.05) is 66.5 Å². The summed E-state index contributed by atoms with van der Waals surface area (Å²) in [7, 11) is -3.81. The number of unbranched alkanes of at least 4 members (excludes halogenated alkanes) is 1. The van der Waals surface area contributed by atoms with Crippen molar-refractivity contribution in [2.45, 2.75) is 24.7 Å². The number of hydrogen-bond donors (Lipinski definition) is 1. The van der Waals surface area contributed by atoms with E-state index in [0.29, 0.717) is 22.9 Å². The zero-order chi connectivity index (χ0) is 21.0. The molecule has 0 bridgehead atoms. The smallest absolute Gasteiger partial charge is 0.286 e. The number of para-hydroxylation sites is 1. The molecule has 154 valence electrons. The fraction of sp³-hybridized carbons (Fsp3) is 0.263. The lowest BCUT2D eigenvalue weighted by atomic mass is 10.2. The molecular formula is C19H19Cl2N3O3S2. The number of benzene rings is 2. The Bertz CT molecular complexity index is 1060. The van der Waals surface area contributed by atoms with E-state index < -0.39 is 10.0 Å². The van der Waals surface area contributed by atoms with Gasteiger partial charge in [-0.25, -0.2) is 0 Å². The summed E-state index contributed by atoms with van der Waals surface area (Å²) in [5.74, 6) is -0.365. The highest BCUT2D eigenvalue weighted by atomic mass is 35.5. The summed E-state index contributed by atoms with van der Waals surface area (Å²) < 4.78 is 29.1. The summed E-state index contributed by atoms with van der Waals surface area (Å²) in [6, 6.07) is 11.7. The number of halogens is 2. The topological polar surface area (TPSA) is 78.8 Å². The zero-order valence-electron chi connectivity index (χ0n) is 15.6. The summed E-state index contributed by atoms with van der Waals surface area (Å²) >= 11 is 13.1. The quantitative estimate of drug-likeness (QED) is 0.638. The van der Waals surface area contributed by atoms with Gasteiger partial charge in [0.25, 0.3) is 10.0 Å². The van der Waals surface area contributed by atoms with Crippen molar-refractivity contribution in [2.24, 2.45) is 4.40 Å². The molecule has 2 aromatic carbocycles. The molecule has 29 heavy (non-hydrogen) atoms. The van der Waals surface area contributed by atoms with Gasteiger partial charge >= 0.3 is 0 Å². The van der Waals surface area contributed by atoms with Crippen molar-refractivity contribution in [1.82, 2.24) is 0 Å². The van der Waals surface area contributed by atoms with Crippen molar-refractivity contribution in [1.29, 1.82) is 0 Å². The second kappa shape index (κ2) is 9.38. The van der Waals surface area contributed by atoms with Gasteiger partial charge in [0.05, 0.1) is 27.2 Å². The van der Waals surface area contributed by atoms with Crippen LogP contribution < -0.4 is 10.2 Å². The van der Waals surface area contributed by atoms with Crippen LogP contribution in [0.4, 0.5) is 11.4 Å². The number of hydrogen-bond acceptors (Lipinski definition) is 5. The highest BCUT2D eigenvalue weighted by molar-refractivity contribution is 8.15. The molecule has 1 N–H and O–H groups in total. The third-order valence-corrected chi connectivity index (χ3v) is 7.38. The number of amidine groups is 1. The van der Waals surface area contributed by atoms with Crippen LogP contribution in [0.3, 0.4) is 0 Å². The Morgan fingerprint density at radius 1 is 1.17 bits per heavy atom. The maximum Gasteiger partial charge on any atom is 0.286 e. The number of nitrogens with zero attached hydrogens (tertiary/aromatic N) is 2. The van der Waals surface area contributed by atoms with Crippen LogP contribution in [0.2, 0.25) is 10.0 Å². The van der Waals surface area contributed by atoms with E-state index in [1.807, 2.05) is 4.90 Å². The minimum atomic E-state index is -3.81. The van der Waals surface area contributed by atoms with Crippen LogP contribution in [0.25, 0.3) is 0 Å². The molecule has 0 saturated heterocycles. The molecule has 1 aliphatic heterocycles. The van der Waals surface area contributed by atoms with E-state index >= 15 is 0 Å². The number of rotatable bonds is 6. The molecule has 0 aliphatic carbocycles. The minimum Gasteiger partial charge on any atom is -0.324 e. The van der Waals surface area contributed by atoms with Crippen molar-refractivity contribution in [2.75, 3.05) is 22.5 Å². The molecule has 0 aromatic heterocycles. The molecule has 6 nitrogen and oxygen atoms in total. The van der Waals surface area contributed by atoms with Crippen LogP contribution in [0.1, 0.15) is 19.8 Å². The first kappa shape index (κ1) is 22.0. The summed E-state index contributed by atoms with van der Waals surface area (Å²) in [6.45, 7) is 2.66. The van der Waals surface area contributed by atoms with Crippen LogP contribution >= 0.6 is 35.0 Å². The predicted molar refractivity (Wildman–Crippen MR) is 121 cm³/mol. The Labute approximate surface area is 184 Å². The first-order chi connectivity index (χ1) is 13.8. The number of carbonyl (C=O) groups is 1. The largest absolute Gasteiger partial charge is 0.324 e. The van der Waals surface area contributed by atoms with Gasteiger partial charge in [-0.3, -0.25) is 4.79 Å². The molecule has 3 rings (SSSR count). The summed E-state index contributed by atoms with van der Waals surface area (Å²) in [4.78, 5) is 14.4. The SMILES string of the molecule is CCCCN1C(SCC(=O)Nc2cccc(Cl)c2Cl)=NS(=O)(=O)c2ccccc21. The molecule has 0 saturated carbocycles. The molecule has 1 amide bonds. The summed E-state index contributed by atoms with van der Waals surface area (Å²) in [5.41, 5.74) is 0.980. The highest BCUT2D eigenvalue weighted by Gasteiger charge is 2.30. The van der Waals surface area contributed by atoms with Gasteiger partial charge < -0.3 is 10.2 Å². The van der Waals surface area contributed by atoms with Crippen LogP contribution in [0, 0.1) is 0 Å². The van der Waals surface area contributed by atoms with E-state index in [9.17, 15) is 13.2 Å². The Hall–Kier alpha value is -1.74. The fourth-order valence-electron chi connectivity index (χ4n) is 2.76. The average molecular weight is 472 g/mol. The van der Waals surface area contributed by atoms with Crippen molar-refractivity contribution in [3.8, 4) is 0 Å². The Morgan fingerprint density at radius 2 is 1.93 bits per heavy atom. The average Bonchev–Trinajstić information content (AvgIpc) is 2.69. The second-order valence-electron chi connectivity index (χ2n) is 6.26. The number of sulfonamides is 1. The van der Waals surface area contributed by atoms with Crippen LogP contribution in [0.5, 0.6) is 0 Å². The maximum atomic E-state index is 12.6. The van der Waals surface area contributed by atoms with Gasteiger partial charge in [0, 0.05) is 6.54 Å². The van der Waals surface area contributed by atoms with Crippen LogP contribution in [0.15, 0.2) is 51.8 Å². The molecule has 0 fully saturated rings. The second-order valence-corrected chi connectivity index (χ2v) is 9.56. The van der Waals surface area contributed by atoms with E-state index in [2.05, 4.69) is 16.6 Å². The standard InChI is InChI=1S/C19H19Cl2N3O3S2/c1-2-3-11-24-15-9-4-5-10-16(15)29(26,27)23-19(24)28-12-17(25)22-14-8-6-7-13(20)18(14)21/h4-10H,2-3,11-12H2,1H3,(H,22,25). The number of fused-ring (bicyclic) bond motifs is 1. The minimum absolute atomic E-state index is 0.0258. The number of carbonyl (C=O) groups excluding carboxylic acids is 1. The Balaban J connectivity index is 1.78. The van der Waals surface area contributed by atoms with Crippen molar-refractivity contribution < 1.29 is 13.2 Å². The monoisotopic (exact) mass is 471 g/mol. The third kappa shape index (κ3) is 5.06. The van der Waals surface area contributed by atoms with E-state index in [4.69, 9.17) is 23.2 Å². The molecule has 1 heterocycles. The molecule has 2 aromatic rings. The summed E-state index contributed by atoms with van der Waals surface area (Å²) in [6.07, 6.45) is 1.80. The predicted octanol–water partition coefficient (Wildman–Crippen LogP) is 5.03. The van der Waals surface area contributed by atoms with Gasteiger partial charge in [0.1, 0.15) is 4.90 Å². The molecule has 1 aliphatic rings. The van der Waals surface area contributed by atoms with Gasteiger partial charge in [-0.15, -0.1) is 4.40 Å². The van der Waals surface area contributed by atoms with Crippen molar-refractivity contribution in [3.63, 3.8) is 0 Å². The van der Waals surface area contributed by atoms with E-state index in [0.717, 1.165) is 24.6 Å². The van der Waals surface area contributed by atoms with E-state index in [-0.39, 0.29) is 26.7 Å².